The van der Waals surface area contributed by atoms with E-state index < -0.39 is 0 Å². The number of hydrogen-bond donors (Lipinski definition) is 2. The Morgan fingerprint density at radius 3 is 2.12 bits per heavy atom. The van der Waals surface area contributed by atoms with Crippen LogP contribution in [0, 0.1) is 16.7 Å². The maximum absolute atomic E-state index is 5.98. The molecule has 0 heterocycles. The van der Waals surface area contributed by atoms with E-state index >= 15 is 0 Å². The van der Waals surface area contributed by atoms with Crippen molar-refractivity contribution in [3.63, 3.8) is 0 Å². The lowest BCUT2D eigenvalue weighted by atomic mass is 10.0. The van der Waals surface area contributed by atoms with Crippen molar-refractivity contribution in [2.24, 2.45) is 22.5 Å². The van der Waals surface area contributed by atoms with E-state index in [9.17, 15) is 0 Å². The molecule has 1 unspecified atom stereocenters. The predicted octanol–water partition coefficient (Wildman–Crippen LogP) is 2.78. The Morgan fingerprint density at radius 1 is 1.12 bits per heavy atom. The Labute approximate surface area is 101 Å². The van der Waals surface area contributed by atoms with E-state index in [0.717, 1.165) is 31.8 Å². The van der Waals surface area contributed by atoms with Gasteiger partial charge in [0.1, 0.15) is 0 Å². The summed E-state index contributed by atoms with van der Waals surface area (Å²) in [5.41, 5.74) is 6.99. The third-order valence-electron chi connectivity index (χ3n) is 5.02. The lowest BCUT2D eigenvalue weighted by molar-refractivity contribution is 0.457. The van der Waals surface area contributed by atoms with E-state index in [0.29, 0.717) is 16.9 Å². The van der Waals surface area contributed by atoms with Crippen molar-refractivity contribution in [2.75, 3.05) is 13.1 Å². The van der Waals surface area contributed by atoms with E-state index in [1.807, 2.05) is 0 Å². The average Bonchev–Trinajstić information content (AvgIpc) is 2.54. The standard InChI is InChI=1S/C14H30N2/c1-6-7-11(15)8-9-16-10-12-13(2,3)14(12,4)5/h11-12,16H,6-10,15H2,1-5H3. The van der Waals surface area contributed by atoms with Gasteiger partial charge in [-0.1, -0.05) is 41.0 Å². The van der Waals surface area contributed by atoms with Crippen LogP contribution in [-0.4, -0.2) is 19.1 Å². The fourth-order valence-corrected chi connectivity index (χ4v) is 2.89. The largest absolute Gasteiger partial charge is 0.328 e. The summed E-state index contributed by atoms with van der Waals surface area (Å²) in [6.45, 7) is 13.9. The topological polar surface area (TPSA) is 38.0 Å². The Morgan fingerprint density at radius 2 is 1.69 bits per heavy atom. The fraction of sp³-hybridized carbons (Fsp3) is 1.00. The van der Waals surface area contributed by atoms with Gasteiger partial charge in [0.15, 0.2) is 0 Å². The molecule has 2 nitrogen and oxygen atoms in total. The summed E-state index contributed by atoms with van der Waals surface area (Å²) >= 11 is 0. The number of hydrogen-bond acceptors (Lipinski definition) is 2. The molecule has 3 N–H and O–H groups in total. The molecular formula is C14H30N2. The third-order valence-corrected chi connectivity index (χ3v) is 5.02. The van der Waals surface area contributed by atoms with Crippen molar-refractivity contribution in [1.82, 2.24) is 5.32 Å². The molecule has 16 heavy (non-hydrogen) atoms. The molecule has 96 valence electrons. The Bertz CT molecular complexity index is 207. The van der Waals surface area contributed by atoms with Gasteiger partial charge in [0, 0.05) is 6.04 Å². The van der Waals surface area contributed by atoms with Crippen LogP contribution in [0.25, 0.3) is 0 Å². The monoisotopic (exact) mass is 226 g/mol. The molecular weight excluding hydrogens is 196 g/mol. The van der Waals surface area contributed by atoms with Gasteiger partial charge in [-0.25, -0.2) is 0 Å². The van der Waals surface area contributed by atoms with E-state index in [1.165, 1.54) is 6.42 Å². The second-order valence-corrected chi connectivity index (χ2v) is 6.54. The molecule has 1 saturated carbocycles. The van der Waals surface area contributed by atoms with Crippen molar-refractivity contribution in [3.8, 4) is 0 Å². The summed E-state index contributed by atoms with van der Waals surface area (Å²) in [6.07, 6.45) is 3.47. The molecule has 0 aromatic rings. The van der Waals surface area contributed by atoms with Crippen LogP contribution in [0.15, 0.2) is 0 Å². The number of rotatable bonds is 7. The molecule has 0 saturated heterocycles. The zero-order chi connectivity index (χ0) is 12.4. The van der Waals surface area contributed by atoms with Crippen LogP contribution in [0.3, 0.4) is 0 Å². The molecule has 0 aromatic heterocycles. The zero-order valence-electron chi connectivity index (χ0n) is 11.8. The van der Waals surface area contributed by atoms with Gasteiger partial charge >= 0.3 is 0 Å². The van der Waals surface area contributed by atoms with Crippen LogP contribution in [0.1, 0.15) is 53.9 Å². The normalized spacial score (nSPS) is 24.4. The van der Waals surface area contributed by atoms with Gasteiger partial charge in [0.05, 0.1) is 0 Å². The summed E-state index contributed by atoms with van der Waals surface area (Å²) in [6, 6.07) is 0.387. The van der Waals surface area contributed by atoms with Crippen molar-refractivity contribution in [1.29, 1.82) is 0 Å². The fourth-order valence-electron chi connectivity index (χ4n) is 2.89. The first-order valence-corrected chi connectivity index (χ1v) is 6.80. The second kappa shape index (κ2) is 5.05. The van der Waals surface area contributed by atoms with Crippen LogP contribution < -0.4 is 11.1 Å². The van der Waals surface area contributed by atoms with Gasteiger partial charge in [-0.3, -0.25) is 0 Å². The van der Waals surface area contributed by atoms with Crippen LogP contribution >= 0.6 is 0 Å². The van der Waals surface area contributed by atoms with Gasteiger partial charge in [-0.2, -0.15) is 0 Å². The first-order chi connectivity index (χ1) is 7.34. The summed E-state index contributed by atoms with van der Waals surface area (Å²) in [5.74, 6) is 0.822. The predicted molar refractivity (Wildman–Crippen MR) is 71.4 cm³/mol. The van der Waals surface area contributed by atoms with Gasteiger partial charge in [-0.15, -0.1) is 0 Å². The maximum atomic E-state index is 5.98. The van der Waals surface area contributed by atoms with E-state index in [1.54, 1.807) is 0 Å². The van der Waals surface area contributed by atoms with Crippen molar-refractivity contribution < 1.29 is 0 Å². The van der Waals surface area contributed by atoms with Gasteiger partial charge < -0.3 is 11.1 Å². The van der Waals surface area contributed by atoms with Crippen LogP contribution in [0.5, 0.6) is 0 Å². The van der Waals surface area contributed by atoms with Crippen LogP contribution in [0.4, 0.5) is 0 Å². The Hall–Kier alpha value is -0.0800. The molecule has 0 aromatic carbocycles. The van der Waals surface area contributed by atoms with Crippen molar-refractivity contribution in [2.45, 2.75) is 59.9 Å². The minimum Gasteiger partial charge on any atom is -0.328 e. The quantitative estimate of drug-likeness (QED) is 0.655. The molecule has 1 aliphatic rings. The zero-order valence-corrected chi connectivity index (χ0v) is 11.8. The first kappa shape index (κ1) is 14.0. The van der Waals surface area contributed by atoms with Crippen molar-refractivity contribution in [3.05, 3.63) is 0 Å². The highest BCUT2D eigenvalue weighted by molar-refractivity contribution is 5.12. The SMILES string of the molecule is CCCC(N)CCNCC1C(C)(C)C1(C)C. The molecule has 0 bridgehead atoms. The average molecular weight is 226 g/mol. The highest BCUT2D eigenvalue weighted by atomic mass is 14.9. The van der Waals surface area contributed by atoms with E-state index in [-0.39, 0.29) is 0 Å². The van der Waals surface area contributed by atoms with Crippen LogP contribution in [-0.2, 0) is 0 Å². The molecule has 0 spiro atoms. The van der Waals surface area contributed by atoms with Gasteiger partial charge in [0.25, 0.3) is 0 Å². The number of nitrogens with two attached hydrogens (primary N) is 1. The minimum absolute atomic E-state index is 0.387. The third kappa shape index (κ3) is 2.78. The Kier molecular flexibility index (Phi) is 4.42. The minimum atomic E-state index is 0.387. The number of nitrogens with one attached hydrogen (secondary N) is 1. The molecule has 0 aliphatic heterocycles. The highest BCUT2D eigenvalue weighted by Gasteiger charge is 2.63. The summed E-state index contributed by atoms with van der Waals surface area (Å²) < 4.78 is 0. The molecule has 1 fully saturated rings. The summed E-state index contributed by atoms with van der Waals surface area (Å²) in [4.78, 5) is 0. The molecule has 0 radical (unpaired) electrons. The lowest BCUT2D eigenvalue weighted by Crippen LogP contribution is -2.28. The highest BCUT2D eigenvalue weighted by Crippen LogP contribution is 2.67. The maximum Gasteiger partial charge on any atom is 0.00508 e. The molecule has 1 aliphatic carbocycles. The Balaban J connectivity index is 2.10. The molecule has 1 rings (SSSR count). The van der Waals surface area contributed by atoms with Gasteiger partial charge in [0.2, 0.25) is 0 Å². The smallest absolute Gasteiger partial charge is 0.00508 e. The molecule has 1 atom stereocenters. The van der Waals surface area contributed by atoms with Crippen molar-refractivity contribution >= 4 is 0 Å². The summed E-state index contributed by atoms with van der Waals surface area (Å²) in [5, 5.41) is 3.57. The van der Waals surface area contributed by atoms with E-state index in [2.05, 4.69) is 39.9 Å². The summed E-state index contributed by atoms with van der Waals surface area (Å²) in [7, 11) is 0. The van der Waals surface area contributed by atoms with Gasteiger partial charge in [-0.05, 0) is 42.7 Å². The lowest BCUT2D eigenvalue weighted by Gasteiger charge is -2.11. The first-order valence-electron chi connectivity index (χ1n) is 6.80. The second-order valence-electron chi connectivity index (χ2n) is 6.54. The molecule has 2 heteroatoms. The van der Waals surface area contributed by atoms with E-state index in [4.69, 9.17) is 5.73 Å². The van der Waals surface area contributed by atoms with Crippen LogP contribution in [0.2, 0.25) is 0 Å². The molecule has 0 amide bonds.